The third kappa shape index (κ3) is 4.66. The molecule has 0 fully saturated rings. The van der Waals surface area contributed by atoms with Crippen LogP contribution in [-0.4, -0.2) is 24.1 Å². The Bertz CT molecular complexity index is 932. The molecule has 0 aliphatic carbocycles. The Kier molecular flexibility index (Phi) is 6.58. The number of aromatic nitrogens is 1. The minimum absolute atomic E-state index is 0.0516. The number of hydrogen-bond acceptors (Lipinski definition) is 4. The smallest absolute Gasteiger partial charge is 0.307 e. The first kappa shape index (κ1) is 19.8. The lowest BCUT2D eigenvalue weighted by molar-refractivity contribution is -0.140. The highest BCUT2D eigenvalue weighted by Gasteiger charge is 2.15. The van der Waals surface area contributed by atoms with Gasteiger partial charge in [0.05, 0.1) is 24.9 Å². The molecule has 3 rings (SSSR count). The van der Waals surface area contributed by atoms with E-state index >= 15 is 0 Å². The maximum absolute atomic E-state index is 11.7. The van der Waals surface area contributed by atoms with Crippen LogP contribution in [-0.2, 0) is 16.1 Å². The quantitative estimate of drug-likeness (QED) is 0.445. The van der Waals surface area contributed by atoms with Gasteiger partial charge in [0, 0.05) is 29.7 Å². The largest absolute Gasteiger partial charge is 0.469 e. The minimum Gasteiger partial charge on any atom is -0.469 e. The van der Waals surface area contributed by atoms with Crippen LogP contribution in [0.2, 0.25) is 0 Å². The molecule has 0 bridgehead atoms. The first-order valence-electron chi connectivity index (χ1n) is 9.84. The second-order valence-corrected chi connectivity index (χ2v) is 7.12. The van der Waals surface area contributed by atoms with Crippen molar-refractivity contribution >= 4 is 28.2 Å². The number of esters is 1. The normalized spacial score (nSPS) is 12.0. The van der Waals surface area contributed by atoms with Crippen molar-refractivity contribution in [2.45, 2.75) is 45.7 Å². The fraction of sp³-hybridized carbons (Fsp3) is 0.348. The van der Waals surface area contributed by atoms with Gasteiger partial charge < -0.3 is 20.4 Å². The van der Waals surface area contributed by atoms with E-state index in [1.54, 1.807) is 0 Å². The van der Waals surface area contributed by atoms with E-state index in [4.69, 9.17) is 4.74 Å². The van der Waals surface area contributed by atoms with Gasteiger partial charge in [-0.15, -0.1) is 0 Å². The van der Waals surface area contributed by atoms with Crippen molar-refractivity contribution in [2.24, 2.45) is 0 Å². The topological polar surface area (TPSA) is 66.2 Å². The molecule has 0 saturated heterocycles. The molecule has 148 valence electrons. The van der Waals surface area contributed by atoms with Crippen LogP contribution in [0.25, 0.3) is 10.9 Å². The maximum Gasteiger partial charge on any atom is 0.307 e. The molecule has 1 heterocycles. The zero-order valence-electron chi connectivity index (χ0n) is 16.8. The first-order valence-corrected chi connectivity index (χ1v) is 9.84. The molecule has 1 unspecified atom stereocenters. The number of methoxy groups -OCH3 is 1. The molecule has 2 aromatic carbocycles. The Balaban J connectivity index is 1.75. The number of benzene rings is 2. The van der Waals surface area contributed by atoms with Gasteiger partial charge in [0.25, 0.3) is 0 Å². The molecular formula is C23H29N3O2. The summed E-state index contributed by atoms with van der Waals surface area (Å²) in [5.74, 6) is -0.189. The van der Waals surface area contributed by atoms with Gasteiger partial charge >= 0.3 is 5.97 Å². The predicted octanol–water partition coefficient (Wildman–Crippen LogP) is 5.23. The van der Waals surface area contributed by atoms with Crippen LogP contribution in [0.3, 0.4) is 0 Å². The van der Waals surface area contributed by atoms with Crippen LogP contribution < -0.4 is 10.6 Å². The third-order valence-electron chi connectivity index (χ3n) is 5.03. The summed E-state index contributed by atoms with van der Waals surface area (Å²) in [5, 5.41) is 8.35. The Morgan fingerprint density at radius 3 is 2.68 bits per heavy atom. The van der Waals surface area contributed by atoms with Gasteiger partial charge in [-0.1, -0.05) is 37.6 Å². The minimum atomic E-state index is -0.189. The lowest BCUT2D eigenvalue weighted by Crippen LogP contribution is -2.24. The van der Waals surface area contributed by atoms with Crippen LogP contribution in [0.5, 0.6) is 0 Å². The zero-order valence-corrected chi connectivity index (χ0v) is 16.8. The number of nitrogens with one attached hydrogen (secondary N) is 3. The Labute approximate surface area is 166 Å². The van der Waals surface area contributed by atoms with Crippen LogP contribution in [0, 0.1) is 6.92 Å². The average Bonchev–Trinajstić information content (AvgIpc) is 3.12. The molecule has 28 heavy (non-hydrogen) atoms. The van der Waals surface area contributed by atoms with Gasteiger partial charge in [-0.3, -0.25) is 4.79 Å². The number of H-pyrrole nitrogens is 1. The van der Waals surface area contributed by atoms with Crippen molar-refractivity contribution in [3.63, 3.8) is 0 Å². The molecule has 1 atom stereocenters. The van der Waals surface area contributed by atoms with Crippen LogP contribution in [0.1, 0.15) is 37.3 Å². The summed E-state index contributed by atoms with van der Waals surface area (Å²) in [6.07, 6.45) is 4.34. The molecule has 5 nitrogen and oxygen atoms in total. The molecule has 1 aromatic heterocycles. The molecule has 3 N–H and O–H groups in total. The number of aryl methyl sites for hydroxylation is 1. The number of fused-ring (bicyclic) bond motifs is 1. The number of ether oxygens (including phenoxy) is 1. The predicted molar refractivity (Wildman–Crippen MR) is 116 cm³/mol. The number of aromatic amines is 1. The van der Waals surface area contributed by atoms with Gasteiger partial charge in [-0.2, -0.15) is 0 Å². The van der Waals surface area contributed by atoms with Crippen molar-refractivity contribution in [2.75, 3.05) is 17.7 Å². The lowest BCUT2D eigenvalue weighted by Gasteiger charge is -2.21. The van der Waals surface area contributed by atoms with E-state index in [-0.39, 0.29) is 12.0 Å². The van der Waals surface area contributed by atoms with E-state index in [2.05, 4.69) is 59.9 Å². The molecular weight excluding hydrogens is 350 g/mol. The van der Waals surface area contributed by atoms with E-state index in [1.165, 1.54) is 23.6 Å². The number of anilines is 2. The van der Waals surface area contributed by atoms with Crippen LogP contribution in [0.15, 0.2) is 48.7 Å². The Hall–Kier alpha value is -2.95. The fourth-order valence-electron chi connectivity index (χ4n) is 3.62. The van der Waals surface area contributed by atoms with Crippen molar-refractivity contribution in [1.82, 2.24) is 4.98 Å². The average molecular weight is 380 g/mol. The SMILES string of the molecule is CCCC(CC(=O)OC)Nc1ccccc1NCc1c[nH]c2cccc(C)c12. The van der Waals surface area contributed by atoms with E-state index in [0.717, 1.165) is 36.3 Å². The highest BCUT2D eigenvalue weighted by Crippen LogP contribution is 2.27. The summed E-state index contributed by atoms with van der Waals surface area (Å²) in [7, 11) is 1.43. The summed E-state index contributed by atoms with van der Waals surface area (Å²) in [6, 6.07) is 14.5. The number of hydrogen-bond donors (Lipinski definition) is 3. The van der Waals surface area contributed by atoms with Crippen molar-refractivity contribution < 1.29 is 9.53 Å². The molecule has 0 aliphatic rings. The maximum atomic E-state index is 11.7. The Morgan fingerprint density at radius 2 is 1.93 bits per heavy atom. The molecule has 5 heteroatoms. The highest BCUT2D eigenvalue weighted by molar-refractivity contribution is 5.86. The van der Waals surface area contributed by atoms with Crippen LogP contribution >= 0.6 is 0 Å². The first-order chi connectivity index (χ1) is 13.6. The number of carbonyl (C=O) groups excluding carboxylic acids is 1. The fourth-order valence-corrected chi connectivity index (χ4v) is 3.62. The molecule has 0 aliphatic heterocycles. The number of rotatable bonds is 9. The summed E-state index contributed by atoms with van der Waals surface area (Å²) in [5.41, 5.74) is 5.69. The summed E-state index contributed by atoms with van der Waals surface area (Å²) < 4.78 is 4.85. The Morgan fingerprint density at radius 1 is 1.14 bits per heavy atom. The highest BCUT2D eigenvalue weighted by atomic mass is 16.5. The van der Waals surface area contributed by atoms with Crippen molar-refractivity contribution in [1.29, 1.82) is 0 Å². The van der Waals surface area contributed by atoms with Gasteiger partial charge in [0.1, 0.15) is 0 Å². The third-order valence-corrected chi connectivity index (χ3v) is 5.03. The van der Waals surface area contributed by atoms with Gasteiger partial charge in [0.2, 0.25) is 0 Å². The van der Waals surface area contributed by atoms with Gasteiger partial charge in [-0.05, 0) is 42.7 Å². The lowest BCUT2D eigenvalue weighted by atomic mass is 10.1. The summed E-state index contributed by atoms with van der Waals surface area (Å²) in [6.45, 7) is 4.98. The van der Waals surface area contributed by atoms with Crippen molar-refractivity contribution in [3.05, 3.63) is 59.8 Å². The standard InChI is InChI=1S/C23H29N3O2/c1-4-8-18(13-22(27)28-3)26-20-11-6-5-10-19(20)24-14-17-15-25-21-12-7-9-16(2)23(17)21/h5-7,9-12,15,18,24-26H,4,8,13-14H2,1-3H3. The molecule has 3 aromatic rings. The van der Waals surface area contributed by atoms with E-state index < -0.39 is 0 Å². The van der Waals surface area contributed by atoms with E-state index in [0.29, 0.717) is 6.42 Å². The second kappa shape index (κ2) is 9.31. The summed E-state index contributed by atoms with van der Waals surface area (Å²) >= 11 is 0. The van der Waals surface area contributed by atoms with E-state index in [9.17, 15) is 4.79 Å². The molecule has 0 amide bonds. The van der Waals surface area contributed by atoms with Crippen LogP contribution in [0.4, 0.5) is 11.4 Å². The monoisotopic (exact) mass is 379 g/mol. The van der Waals surface area contributed by atoms with Crippen molar-refractivity contribution in [3.8, 4) is 0 Å². The van der Waals surface area contributed by atoms with Gasteiger partial charge in [-0.25, -0.2) is 0 Å². The van der Waals surface area contributed by atoms with E-state index in [1.807, 2.05) is 18.2 Å². The second-order valence-electron chi connectivity index (χ2n) is 7.12. The number of para-hydroxylation sites is 2. The molecule has 0 radical (unpaired) electrons. The zero-order chi connectivity index (χ0) is 19.9. The molecule has 0 spiro atoms. The summed E-state index contributed by atoms with van der Waals surface area (Å²) in [4.78, 5) is 15.1. The molecule has 0 saturated carbocycles. The number of carbonyl (C=O) groups is 1. The van der Waals surface area contributed by atoms with Gasteiger partial charge in [0.15, 0.2) is 0 Å².